The molecular weight excluding hydrogens is 276 g/mol. The lowest BCUT2D eigenvalue weighted by atomic mass is 9.86. The summed E-state index contributed by atoms with van der Waals surface area (Å²) >= 11 is 0. The van der Waals surface area contributed by atoms with Gasteiger partial charge in [-0.2, -0.15) is 0 Å². The number of hydrogen-bond acceptors (Lipinski definition) is 4. The normalized spacial score (nSPS) is 22.4. The van der Waals surface area contributed by atoms with Gasteiger partial charge in [-0.15, -0.1) is 5.10 Å². The van der Waals surface area contributed by atoms with E-state index in [1.807, 2.05) is 0 Å². The minimum atomic E-state index is -0.777. The van der Waals surface area contributed by atoms with Crippen molar-refractivity contribution in [3.05, 3.63) is 23.8 Å². The lowest BCUT2D eigenvalue weighted by molar-refractivity contribution is 0.239. The standard InChI is InChI=1S/C14H17F2N5/c1-8-4-2-3-5-13(8)21-14(18-19-20-21)9-6-12(17)11(16)7-10(9)15/h6-8,13H,2-5,17H2,1H3. The quantitative estimate of drug-likeness (QED) is 0.864. The molecule has 112 valence electrons. The van der Waals surface area contributed by atoms with Crippen LogP contribution in [0.1, 0.15) is 38.6 Å². The smallest absolute Gasteiger partial charge is 0.185 e. The van der Waals surface area contributed by atoms with Crippen molar-refractivity contribution in [2.75, 3.05) is 5.73 Å². The van der Waals surface area contributed by atoms with Gasteiger partial charge in [0.15, 0.2) is 5.82 Å². The van der Waals surface area contributed by atoms with E-state index in [4.69, 9.17) is 5.73 Å². The van der Waals surface area contributed by atoms with Gasteiger partial charge in [0.1, 0.15) is 11.6 Å². The molecule has 2 aromatic rings. The molecule has 0 radical (unpaired) electrons. The predicted octanol–water partition coefficient (Wildman–Crippen LogP) is 2.95. The first kappa shape index (κ1) is 13.9. The molecule has 1 heterocycles. The highest BCUT2D eigenvalue weighted by Gasteiger charge is 2.28. The molecule has 0 saturated heterocycles. The van der Waals surface area contributed by atoms with E-state index in [0.717, 1.165) is 25.3 Å². The highest BCUT2D eigenvalue weighted by Crippen LogP contribution is 2.36. The Morgan fingerprint density at radius 3 is 2.71 bits per heavy atom. The summed E-state index contributed by atoms with van der Waals surface area (Å²) in [6, 6.07) is 2.16. The maximum atomic E-state index is 14.0. The lowest BCUT2D eigenvalue weighted by Crippen LogP contribution is -2.23. The van der Waals surface area contributed by atoms with E-state index >= 15 is 0 Å². The third kappa shape index (κ3) is 2.48. The fourth-order valence-electron chi connectivity index (χ4n) is 2.99. The van der Waals surface area contributed by atoms with Crippen molar-refractivity contribution in [1.29, 1.82) is 0 Å². The molecule has 0 bridgehead atoms. The predicted molar refractivity (Wildman–Crippen MR) is 74.3 cm³/mol. The summed E-state index contributed by atoms with van der Waals surface area (Å²) in [6.07, 6.45) is 4.34. The zero-order valence-electron chi connectivity index (χ0n) is 11.8. The van der Waals surface area contributed by atoms with Gasteiger partial charge in [-0.25, -0.2) is 13.5 Å². The van der Waals surface area contributed by atoms with Crippen molar-refractivity contribution in [2.45, 2.75) is 38.6 Å². The van der Waals surface area contributed by atoms with Crippen LogP contribution < -0.4 is 5.73 Å². The summed E-state index contributed by atoms with van der Waals surface area (Å²) in [4.78, 5) is 0. The van der Waals surface area contributed by atoms with E-state index in [-0.39, 0.29) is 17.3 Å². The average Bonchev–Trinajstić information content (AvgIpc) is 2.92. The highest BCUT2D eigenvalue weighted by molar-refractivity contribution is 5.62. The summed E-state index contributed by atoms with van der Waals surface area (Å²) in [6.45, 7) is 2.14. The SMILES string of the molecule is CC1CCCCC1n1nnnc1-c1cc(N)c(F)cc1F. The fourth-order valence-corrected chi connectivity index (χ4v) is 2.99. The summed E-state index contributed by atoms with van der Waals surface area (Å²) < 4.78 is 29.0. The molecule has 3 rings (SSSR count). The maximum absolute atomic E-state index is 14.0. The Morgan fingerprint density at radius 2 is 1.95 bits per heavy atom. The van der Waals surface area contributed by atoms with E-state index in [1.165, 1.54) is 12.5 Å². The van der Waals surface area contributed by atoms with Gasteiger partial charge in [-0.3, -0.25) is 0 Å². The molecule has 1 aromatic heterocycles. The number of anilines is 1. The van der Waals surface area contributed by atoms with E-state index in [2.05, 4.69) is 22.4 Å². The molecule has 2 atom stereocenters. The molecule has 21 heavy (non-hydrogen) atoms. The Labute approximate surface area is 121 Å². The maximum Gasteiger partial charge on any atom is 0.185 e. The minimum Gasteiger partial charge on any atom is -0.396 e. The minimum absolute atomic E-state index is 0.113. The van der Waals surface area contributed by atoms with Crippen molar-refractivity contribution in [3.63, 3.8) is 0 Å². The Balaban J connectivity index is 2.05. The molecule has 1 aliphatic rings. The zero-order valence-corrected chi connectivity index (χ0v) is 11.8. The number of aromatic nitrogens is 4. The van der Waals surface area contributed by atoms with Gasteiger partial charge in [0, 0.05) is 6.07 Å². The molecule has 2 N–H and O–H groups in total. The first-order valence-electron chi connectivity index (χ1n) is 7.10. The number of benzene rings is 1. The van der Waals surface area contributed by atoms with Gasteiger partial charge in [0.05, 0.1) is 17.3 Å². The van der Waals surface area contributed by atoms with Crippen molar-refractivity contribution in [3.8, 4) is 11.4 Å². The molecule has 2 unspecified atom stereocenters. The van der Waals surface area contributed by atoms with E-state index < -0.39 is 11.6 Å². The molecule has 0 aliphatic heterocycles. The molecule has 7 heteroatoms. The molecule has 1 fully saturated rings. The van der Waals surface area contributed by atoms with E-state index in [1.54, 1.807) is 4.68 Å². The topological polar surface area (TPSA) is 69.6 Å². The van der Waals surface area contributed by atoms with Crippen LogP contribution in [0.3, 0.4) is 0 Å². The molecule has 1 aliphatic carbocycles. The molecular formula is C14H17F2N5. The summed E-state index contributed by atoms with van der Waals surface area (Å²) in [5.74, 6) is -0.762. The van der Waals surface area contributed by atoms with Crippen LogP contribution in [0.5, 0.6) is 0 Å². The second-order valence-electron chi connectivity index (χ2n) is 5.63. The van der Waals surface area contributed by atoms with Crippen LogP contribution in [-0.4, -0.2) is 20.2 Å². The van der Waals surface area contributed by atoms with Crippen molar-refractivity contribution < 1.29 is 8.78 Å². The van der Waals surface area contributed by atoms with Gasteiger partial charge < -0.3 is 5.73 Å². The summed E-state index contributed by atoms with van der Waals surface area (Å²) in [5.41, 5.74) is 5.55. The summed E-state index contributed by atoms with van der Waals surface area (Å²) in [5, 5.41) is 11.6. The Bertz CT molecular complexity index is 655. The van der Waals surface area contributed by atoms with E-state index in [9.17, 15) is 8.78 Å². The first-order valence-corrected chi connectivity index (χ1v) is 7.10. The van der Waals surface area contributed by atoms with Crippen LogP contribution in [0.2, 0.25) is 0 Å². The van der Waals surface area contributed by atoms with Crippen molar-refractivity contribution in [1.82, 2.24) is 20.2 Å². The van der Waals surface area contributed by atoms with Crippen LogP contribution >= 0.6 is 0 Å². The summed E-state index contributed by atoms with van der Waals surface area (Å²) in [7, 11) is 0. The Morgan fingerprint density at radius 1 is 1.19 bits per heavy atom. The van der Waals surface area contributed by atoms with Crippen LogP contribution in [0, 0.1) is 17.6 Å². The number of nitrogens with zero attached hydrogens (tertiary/aromatic N) is 4. The number of hydrogen-bond donors (Lipinski definition) is 1. The van der Waals surface area contributed by atoms with Crippen LogP contribution in [0.4, 0.5) is 14.5 Å². The molecule has 0 spiro atoms. The second kappa shape index (κ2) is 5.38. The Hall–Kier alpha value is -2.05. The van der Waals surface area contributed by atoms with E-state index in [0.29, 0.717) is 11.7 Å². The molecule has 5 nitrogen and oxygen atoms in total. The number of halogens is 2. The first-order chi connectivity index (χ1) is 10.1. The lowest BCUT2D eigenvalue weighted by Gasteiger charge is -2.29. The molecule has 1 saturated carbocycles. The number of rotatable bonds is 2. The van der Waals surface area contributed by atoms with Gasteiger partial charge in [0.2, 0.25) is 0 Å². The van der Waals surface area contributed by atoms with Gasteiger partial charge in [0.25, 0.3) is 0 Å². The van der Waals surface area contributed by atoms with Gasteiger partial charge >= 0.3 is 0 Å². The fraction of sp³-hybridized carbons (Fsp3) is 0.500. The zero-order chi connectivity index (χ0) is 15.0. The monoisotopic (exact) mass is 293 g/mol. The van der Waals surface area contributed by atoms with Crippen molar-refractivity contribution in [2.24, 2.45) is 5.92 Å². The molecule has 0 amide bonds. The highest BCUT2D eigenvalue weighted by atomic mass is 19.1. The Kier molecular flexibility index (Phi) is 3.57. The third-order valence-electron chi connectivity index (χ3n) is 4.20. The van der Waals surface area contributed by atoms with Gasteiger partial charge in [-0.05, 0) is 35.3 Å². The average molecular weight is 293 g/mol. The van der Waals surface area contributed by atoms with Crippen molar-refractivity contribution >= 4 is 5.69 Å². The third-order valence-corrected chi connectivity index (χ3v) is 4.20. The number of nitrogens with two attached hydrogens (primary N) is 1. The van der Waals surface area contributed by atoms with Crippen LogP contribution in [0.25, 0.3) is 11.4 Å². The van der Waals surface area contributed by atoms with Gasteiger partial charge in [-0.1, -0.05) is 19.8 Å². The van der Waals surface area contributed by atoms with Crippen LogP contribution in [-0.2, 0) is 0 Å². The molecule has 1 aromatic carbocycles. The largest absolute Gasteiger partial charge is 0.396 e. The van der Waals surface area contributed by atoms with Crippen LogP contribution in [0.15, 0.2) is 12.1 Å². The number of tetrazole rings is 1. The number of nitrogen functional groups attached to an aromatic ring is 1. The second-order valence-corrected chi connectivity index (χ2v) is 5.63.